The number of sulfone groups is 1. The summed E-state index contributed by atoms with van der Waals surface area (Å²) in [6.07, 6.45) is 0.0428. The molecule has 1 aromatic heterocycles. The normalized spacial score (nSPS) is 16.0. The Hall–Kier alpha value is -1.70. The van der Waals surface area contributed by atoms with Crippen LogP contribution in [0, 0.1) is 6.92 Å². The Morgan fingerprint density at radius 1 is 1.08 bits per heavy atom. The Labute approximate surface area is 159 Å². The molecule has 5 nitrogen and oxygen atoms in total. The predicted octanol–water partition coefficient (Wildman–Crippen LogP) is 2.56. The minimum atomic E-state index is -3.41. The van der Waals surface area contributed by atoms with Crippen molar-refractivity contribution in [1.82, 2.24) is 9.80 Å². The monoisotopic (exact) mass is 392 g/mol. The second-order valence-corrected chi connectivity index (χ2v) is 9.76. The van der Waals surface area contributed by atoms with Gasteiger partial charge in [0.05, 0.1) is 10.6 Å². The van der Waals surface area contributed by atoms with Gasteiger partial charge in [-0.15, -0.1) is 11.3 Å². The number of nitrogens with zero attached hydrogens (tertiary/aromatic N) is 2. The largest absolute Gasteiger partial charge is 0.340 e. The topological polar surface area (TPSA) is 57.7 Å². The Bertz CT molecular complexity index is 822. The maximum Gasteiger partial charge on any atom is 0.223 e. The highest BCUT2D eigenvalue weighted by atomic mass is 32.2. The van der Waals surface area contributed by atoms with E-state index in [0.29, 0.717) is 13.1 Å². The van der Waals surface area contributed by atoms with Crippen molar-refractivity contribution in [2.45, 2.75) is 24.8 Å². The number of carbonyl (C=O) groups is 1. The number of hydrogen-bond acceptors (Lipinski definition) is 5. The van der Waals surface area contributed by atoms with Gasteiger partial charge in [-0.05, 0) is 30.5 Å². The summed E-state index contributed by atoms with van der Waals surface area (Å²) >= 11 is 1.74. The van der Waals surface area contributed by atoms with Crippen LogP contribution < -0.4 is 0 Å². The third-order valence-electron chi connectivity index (χ3n) is 4.65. The van der Waals surface area contributed by atoms with E-state index in [2.05, 4.69) is 16.3 Å². The van der Waals surface area contributed by atoms with Crippen molar-refractivity contribution in [3.63, 3.8) is 0 Å². The molecule has 1 fully saturated rings. The summed E-state index contributed by atoms with van der Waals surface area (Å²) in [5.41, 5.74) is 1.01. The molecule has 2 aromatic rings. The van der Waals surface area contributed by atoms with E-state index >= 15 is 0 Å². The standard InChI is InChI=1S/C19H24N2O3S2/c1-16-4-6-18(7-5-16)26(23,24)14-8-19(22)21-11-9-20(10-12-21)15-17-3-2-13-25-17/h2-7,13H,8-12,14-15H2,1H3. The molecule has 1 saturated heterocycles. The van der Waals surface area contributed by atoms with Crippen molar-refractivity contribution in [2.75, 3.05) is 31.9 Å². The molecule has 0 radical (unpaired) electrons. The van der Waals surface area contributed by atoms with Gasteiger partial charge in [-0.2, -0.15) is 0 Å². The molecule has 2 heterocycles. The number of rotatable bonds is 6. The zero-order chi connectivity index (χ0) is 18.6. The van der Waals surface area contributed by atoms with Crippen LogP contribution in [0.5, 0.6) is 0 Å². The van der Waals surface area contributed by atoms with Crippen LogP contribution in [0.15, 0.2) is 46.7 Å². The zero-order valence-electron chi connectivity index (χ0n) is 14.9. The maximum absolute atomic E-state index is 12.4. The van der Waals surface area contributed by atoms with Crippen LogP contribution in [0.2, 0.25) is 0 Å². The van der Waals surface area contributed by atoms with Crippen LogP contribution >= 0.6 is 11.3 Å². The lowest BCUT2D eigenvalue weighted by molar-refractivity contribution is -0.132. The summed E-state index contributed by atoms with van der Waals surface area (Å²) in [7, 11) is -3.41. The fourth-order valence-electron chi connectivity index (χ4n) is 3.02. The summed E-state index contributed by atoms with van der Waals surface area (Å²) in [5.74, 6) is -0.207. The summed E-state index contributed by atoms with van der Waals surface area (Å²) in [6, 6.07) is 11.0. The van der Waals surface area contributed by atoms with E-state index in [1.807, 2.05) is 13.0 Å². The number of aryl methyl sites for hydroxylation is 1. The second kappa shape index (κ2) is 8.33. The Morgan fingerprint density at radius 2 is 1.77 bits per heavy atom. The molecule has 0 unspecified atom stereocenters. The number of carbonyl (C=O) groups excluding carboxylic acids is 1. The molecule has 1 aliphatic heterocycles. The minimum absolute atomic E-state index is 0.0428. The first-order valence-corrected chi connectivity index (χ1v) is 11.3. The maximum atomic E-state index is 12.4. The fourth-order valence-corrected chi connectivity index (χ4v) is 5.00. The van der Waals surface area contributed by atoms with Crippen LogP contribution in [-0.2, 0) is 21.2 Å². The Kier molecular flexibility index (Phi) is 6.11. The quantitative estimate of drug-likeness (QED) is 0.758. The SMILES string of the molecule is Cc1ccc(S(=O)(=O)CCC(=O)N2CCN(Cc3cccs3)CC2)cc1. The summed E-state index contributed by atoms with van der Waals surface area (Å²) in [4.78, 5) is 18.1. The van der Waals surface area contributed by atoms with Crippen LogP contribution in [0.3, 0.4) is 0 Å². The van der Waals surface area contributed by atoms with E-state index in [4.69, 9.17) is 0 Å². The van der Waals surface area contributed by atoms with Gasteiger partial charge < -0.3 is 4.90 Å². The van der Waals surface area contributed by atoms with Gasteiger partial charge in [0.25, 0.3) is 0 Å². The van der Waals surface area contributed by atoms with E-state index in [1.54, 1.807) is 40.5 Å². The van der Waals surface area contributed by atoms with Gasteiger partial charge in [-0.1, -0.05) is 23.8 Å². The van der Waals surface area contributed by atoms with Gasteiger partial charge in [-0.25, -0.2) is 8.42 Å². The van der Waals surface area contributed by atoms with Gasteiger partial charge in [0.2, 0.25) is 5.91 Å². The molecule has 0 bridgehead atoms. The highest BCUT2D eigenvalue weighted by Crippen LogP contribution is 2.16. The number of hydrogen-bond donors (Lipinski definition) is 0. The van der Waals surface area contributed by atoms with E-state index in [-0.39, 0.29) is 23.0 Å². The number of piperazine rings is 1. The third kappa shape index (κ3) is 4.93. The van der Waals surface area contributed by atoms with Gasteiger partial charge in [0.15, 0.2) is 9.84 Å². The van der Waals surface area contributed by atoms with Crippen LogP contribution in [-0.4, -0.2) is 56.1 Å². The fraction of sp³-hybridized carbons (Fsp3) is 0.421. The van der Waals surface area contributed by atoms with E-state index in [0.717, 1.165) is 25.2 Å². The van der Waals surface area contributed by atoms with Gasteiger partial charge in [0, 0.05) is 44.0 Å². The van der Waals surface area contributed by atoms with Gasteiger partial charge in [-0.3, -0.25) is 9.69 Å². The lowest BCUT2D eigenvalue weighted by atomic mass is 10.2. The highest BCUT2D eigenvalue weighted by molar-refractivity contribution is 7.91. The van der Waals surface area contributed by atoms with Crippen molar-refractivity contribution in [3.05, 3.63) is 52.2 Å². The zero-order valence-corrected chi connectivity index (χ0v) is 16.6. The highest BCUT2D eigenvalue weighted by Gasteiger charge is 2.23. The smallest absolute Gasteiger partial charge is 0.223 e. The van der Waals surface area contributed by atoms with Crippen molar-refractivity contribution in [3.8, 4) is 0 Å². The summed E-state index contributed by atoms with van der Waals surface area (Å²) in [5, 5.41) is 2.07. The third-order valence-corrected chi connectivity index (χ3v) is 7.24. The Balaban J connectivity index is 1.47. The van der Waals surface area contributed by atoms with E-state index < -0.39 is 9.84 Å². The molecule has 0 saturated carbocycles. The van der Waals surface area contributed by atoms with Crippen molar-refractivity contribution in [1.29, 1.82) is 0 Å². The molecule has 0 N–H and O–H groups in total. The van der Waals surface area contributed by atoms with Crippen molar-refractivity contribution < 1.29 is 13.2 Å². The minimum Gasteiger partial charge on any atom is -0.340 e. The number of thiophene rings is 1. The molecule has 1 aromatic carbocycles. The van der Waals surface area contributed by atoms with E-state index in [9.17, 15) is 13.2 Å². The molecule has 0 spiro atoms. The van der Waals surface area contributed by atoms with E-state index in [1.165, 1.54) is 4.88 Å². The average Bonchev–Trinajstić information content (AvgIpc) is 3.14. The van der Waals surface area contributed by atoms with Gasteiger partial charge in [0.1, 0.15) is 0 Å². The molecule has 3 rings (SSSR count). The van der Waals surface area contributed by atoms with Crippen molar-refractivity contribution >= 4 is 27.1 Å². The Morgan fingerprint density at radius 3 is 2.38 bits per heavy atom. The first-order valence-electron chi connectivity index (χ1n) is 8.76. The second-order valence-electron chi connectivity index (χ2n) is 6.62. The van der Waals surface area contributed by atoms with Crippen LogP contribution in [0.1, 0.15) is 16.9 Å². The molecule has 140 valence electrons. The molecule has 0 aliphatic carbocycles. The van der Waals surface area contributed by atoms with Crippen LogP contribution in [0.25, 0.3) is 0 Å². The summed E-state index contributed by atoms with van der Waals surface area (Å²) in [6.45, 7) is 5.81. The molecule has 0 atom stereocenters. The molecule has 1 aliphatic rings. The summed E-state index contributed by atoms with van der Waals surface area (Å²) < 4.78 is 24.8. The van der Waals surface area contributed by atoms with Crippen LogP contribution in [0.4, 0.5) is 0 Å². The molecule has 26 heavy (non-hydrogen) atoms. The molecular weight excluding hydrogens is 368 g/mol. The number of amides is 1. The lowest BCUT2D eigenvalue weighted by Crippen LogP contribution is -2.48. The average molecular weight is 393 g/mol. The lowest BCUT2D eigenvalue weighted by Gasteiger charge is -2.34. The molecular formula is C19H24N2O3S2. The number of benzene rings is 1. The molecule has 7 heteroatoms. The van der Waals surface area contributed by atoms with Gasteiger partial charge >= 0.3 is 0 Å². The first kappa shape index (κ1) is 19.1. The van der Waals surface area contributed by atoms with Crippen molar-refractivity contribution in [2.24, 2.45) is 0 Å². The first-order chi connectivity index (χ1) is 12.4. The molecule has 1 amide bonds. The predicted molar refractivity (Wildman–Crippen MR) is 104 cm³/mol.